The number of carbonyl (C=O) groups is 1. The van der Waals surface area contributed by atoms with Crippen molar-refractivity contribution in [1.29, 1.82) is 0 Å². The van der Waals surface area contributed by atoms with Crippen LogP contribution in [0.1, 0.15) is 52.4 Å². The van der Waals surface area contributed by atoms with Crippen LogP contribution < -0.4 is 11.1 Å². The maximum absolute atomic E-state index is 12.4. The molecule has 0 spiro atoms. The first kappa shape index (κ1) is 14.8. The summed E-state index contributed by atoms with van der Waals surface area (Å²) in [6, 6.07) is 0. The van der Waals surface area contributed by atoms with E-state index in [-0.39, 0.29) is 11.7 Å². The lowest BCUT2D eigenvalue weighted by atomic mass is 9.78. The lowest BCUT2D eigenvalue weighted by Crippen LogP contribution is -2.50. The Morgan fingerprint density at radius 2 is 1.89 bits per heavy atom. The van der Waals surface area contributed by atoms with E-state index in [1.54, 1.807) is 0 Å². The highest BCUT2D eigenvalue weighted by molar-refractivity contribution is 6.06. The van der Waals surface area contributed by atoms with Crippen molar-refractivity contribution in [2.45, 2.75) is 52.4 Å². The van der Waals surface area contributed by atoms with Crippen molar-refractivity contribution in [1.82, 2.24) is 5.32 Å². The molecular formula is C13H25N3O2. The third-order valence-electron chi connectivity index (χ3n) is 3.66. The minimum absolute atomic E-state index is 0.0608. The molecule has 1 rings (SSSR count). The quantitative estimate of drug-likeness (QED) is 0.235. The van der Waals surface area contributed by atoms with Gasteiger partial charge in [-0.1, -0.05) is 44.7 Å². The van der Waals surface area contributed by atoms with Gasteiger partial charge in [-0.05, 0) is 18.8 Å². The topological polar surface area (TPSA) is 87.7 Å². The molecular weight excluding hydrogens is 230 g/mol. The van der Waals surface area contributed by atoms with Gasteiger partial charge in [-0.2, -0.15) is 0 Å². The van der Waals surface area contributed by atoms with Gasteiger partial charge < -0.3 is 16.3 Å². The zero-order valence-electron chi connectivity index (χ0n) is 11.4. The molecule has 0 aromatic heterocycles. The third-order valence-corrected chi connectivity index (χ3v) is 3.66. The van der Waals surface area contributed by atoms with Gasteiger partial charge in [0.25, 0.3) is 0 Å². The van der Waals surface area contributed by atoms with Crippen LogP contribution in [0, 0.1) is 11.3 Å². The minimum Gasteiger partial charge on any atom is -0.409 e. The smallest absolute Gasteiger partial charge is 0.233 e. The Balaban J connectivity index is 2.85. The summed E-state index contributed by atoms with van der Waals surface area (Å²) < 4.78 is 0. The Hall–Kier alpha value is -1.26. The predicted molar refractivity (Wildman–Crippen MR) is 71.4 cm³/mol. The number of carbonyl (C=O) groups excluding carboxylic acids is 1. The van der Waals surface area contributed by atoms with E-state index in [9.17, 15) is 4.79 Å². The second-order valence-electron chi connectivity index (χ2n) is 5.59. The molecule has 0 heterocycles. The monoisotopic (exact) mass is 255 g/mol. The van der Waals surface area contributed by atoms with Gasteiger partial charge in [0.1, 0.15) is 5.41 Å². The Bertz CT molecular complexity index is 305. The number of oxime groups is 1. The molecule has 18 heavy (non-hydrogen) atoms. The van der Waals surface area contributed by atoms with Crippen LogP contribution in [0.2, 0.25) is 0 Å². The first-order valence-corrected chi connectivity index (χ1v) is 6.79. The summed E-state index contributed by atoms with van der Waals surface area (Å²) in [6.45, 7) is 4.71. The van der Waals surface area contributed by atoms with E-state index in [1.165, 1.54) is 0 Å². The van der Waals surface area contributed by atoms with E-state index >= 15 is 0 Å². The summed E-state index contributed by atoms with van der Waals surface area (Å²) >= 11 is 0. The summed E-state index contributed by atoms with van der Waals surface area (Å²) in [5, 5.41) is 15.0. The van der Waals surface area contributed by atoms with E-state index in [0.717, 1.165) is 25.7 Å². The van der Waals surface area contributed by atoms with Crippen molar-refractivity contribution in [2.75, 3.05) is 6.54 Å². The molecule has 1 saturated carbocycles. The number of nitrogens with two attached hydrogens (primary N) is 1. The largest absolute Gasteiger partial charge is 0.409 e. The molecule has 1 fully saturated rings. The maximum Gasteiger partial charge on any atom is 0.233 e. The fraction of sp³-hybridized carbons (Fsp3) is 0.846. The Labute approximate surface area is 109 Å². The van der Waals surface area contributed by atoms with E-state index in [4.69, 9.17) is 10.9 Å². The summed E-state index contributed by atoms with van der Waals surface area (Å²) in [5.74, 6) is 0.364. The molecule has 0 atom stereocenters. The zero-order valence-corrected chi connectivity index (χ0v) is 11.4. The minimum atomic E-state index is -0.805. The summed E-state index contributed by atoms with van der Waals surface area (Å²) in [4.78, 5) is 12.4. The number of nitrogens with zero attached hydrogens (tertiary/aromatic N) is 1. The van der Waals surface area contributed by atoms with Crippen LogP contribution in [-0.4, -0.2) is 23.5 Å². The van der Waals surface area contributed by atoms with Gasteiger partial charge in [-0.3, -0.25) is 4.79 Å². The molecule has 5 nitrogen and oxygen atoms in total. The molecule has 1 amide bonds. The Morgan fingerprint density at radius 1 is 1.33 bits per heavy atom. The zero-order chi connectivity index (χ0) is 13.6. The second kappa shape index (κ2) is 6.61. The first-order chi connectivity index (χ1) is 8.53. The fourth-order valence-electron chi connectivity index (χ4n) is 2.49. The lowest BCUT2D eigenvalue weighted by molar-refractivity contribution is -0.128. The number of hydrogen-bond donors (Lipinski definition) is 3. The average Bonchev–Trinajstić information content (AvgIpc) is 2.61. The van der Waals surface area contributed by atoms with Gasteiger partial charge in [0, 0.05) is 6.54 Å². The lowest BCUT2D eigenvalue weighted by Gasteiger charge is -2.30. The summed E-state index contributed by atoms with van der Waals surface area (Å²) in [7, 11) is 0. The molecule has 0 aromatic rings. The highest BCUT2D eigenvalue weighted by Gasteiger charge is 2.42. The standard InChI is InChI=1S/C13H25N3O2/c1-10(2)9-15-12(17)13(11(14)16-18)7-5-3-4-6-8-13/h10,18H,3-9H2,1-2H3,(H2,14,16)(H,15,17). The van der Waals surface area contributed by atoms with Gasteiger partial charge in [-0.25, -0.2) is 0 Å². The van der Waals surface area contributed by atoms with Gasteiger partial charge in [0.2, 0.25) is 5.91 Å². The SMILES string of the molecule is CC(C)CNC(=O)C1(C(N)=NO)CCCCCC1. The van der Waals surface area contributed by atoms with E-state index in [1.807, 2.05) is 13.8 Å². The van der Waals surface area contributed by atoms with Gasteiger partial charge in [0.15, 0.2) is 5.84 Å². The molecule has 0 bridgehead atoms. The van der Waals surface area contributed by atoms with Crippen LogP contribution >= 0.6 is 0 Å². The fourth-order valence-corrected chi connectivity index (χ4v) is 2.49. The second-order valence-corrected chi connectivity index (χ2v) is 5.59. The van der Waals surface area contributed by atoms with Crippen molar-refractivity contribution in [3.63, 3.8) is 0 Å². The molecule has 0 aliphatic heterocycles. The number of rotatable bonds is 4. The van der Waals surface area contributed by atoms with Gasteiger partial charge in [0.05, 0.1) is 0 Å². The number of amides is 1. The number of hydrogen-bond acceptors (Lipinski definition) is 3. The highest BCUT2D eigenvalue weighted by Crippen LogP contribution is 2.35. The molecule has 1 aliphatic rings. The van der Waals surface area contributed by atoms with Crippen LogP contribution in [-0.2, 0) is 4.79 Å². The van der Waals surface area contributed by atoms with Crippen molar-refractivity contribution in [3.05, 3.63) is 0 Å². The van der Waals surface area contributed by atoms with Crippen molar-refractivity contribution >= 4 is 11.7 Å². The van der Waals surface area contributed by atoms with Crippen molar-refractivity contribution < 1.29 is 10.0 Å². The summed E-state index contributed by atoms with van der Waals surface area (Å²) in [5.41, 5.74) is 4.99. The predicted octanol–water partition coefficient (Wildman–Crippen LogP) is 1.85. The Kier molecular flexibility index (Phi) is 5.44. The average molecular weight is 255 g/mol. The van der Waals surface area contributed by atoms with Crippen molar-refractivity contribution in [3.8, 4) is 0 Å². The molecule has 0 saturated heterocycles. The van der Waals surface area contributed by atoms with E-state index in [0.29, 0.717) is 25.3 Å². The molecule has 4 N–H and O–H groups in total. The van der Waals surface area contributed by atoms with Crippen LogP contribution in [0.15, 0.2) is 5.16 Å². The van der Waals surface area contributed by atoms with Crippen LogP contribution in [0.25, 0.3) is 0 Å². The van der Waals surface area contributed by atoms with Crippen LogP contribution in [0.4, 0.5) is 0 Å². The summed E-state index contributed by atoms with van der Waals surface area (Å²) in [6.07, 6.45) is 5.46. The van der Waals surface area contributed by atoms with E-state index < -0.39 is 5.41 Å². The molecule has 0 radical (unpaired) electrons. The molecule has 1 aliphatic carbocycles. The first-order valence-electron chi connectivity index (χ1n) is 6.79. The molecule has 5 heteroatoms. The normalized spacial score (nSPS) is 20.5. The van der Waals surface area contributed by atoms with Crippen molar-refractivity contribution in [2.24, 2.45) is 22.2 Å². The van der Waals surface area contributed by atoms with Crippen LogP contribution in [0.3, 0.4) is 0 Å². The molecule has 0 aromatic carbocycles. The van der Waals surface area contributed by atoms with Gasteiger partial charge >= 0.3 is 0 Å². The van der Waals surface area contributed by atoms with Gasteiger partial charge in [-0.15, -0.1) is 0 Å². The van der Waals surface area contributed by atoms with E-state index in [2.05, 4.69) is 10.5 Å². The molecule has 0 unspecified atom stereocenters. The molecule has 104 valence electrons. The van der Waals surface area contributed by atoms with Crippen LogP contribution in [0.5, 0.6) is 0 Å². The maximum atomic E-state index is 12.4. The highest BCUT2D eigenvalue weighted by atomic mass is 16.4. The third kappa shape index (κ3) is 3.37. The number of amidine groups is 1. The number of nitrogens with one attached hydrogen (secondary N) is 1. The Morgan fingerprint density at radius 3 is 2.33 bits per heavy atom.